The van der Waals surface area contributed by atoms with Crippen molar-refractivity contribution >= 4 is 39.9 Å². The molecule has 0 amide bonds. The van der Waals surface area contributed by atoms with Gasteiger partial charge in [0.1, 0.15) is 5.82 Å². The molecule has 8 rings (SSSR count). The van der Waals surface area contributed by atoms with E-state index in [1.54, 1.807) is 0 Å². The number of hydrogen-bond acceptors (Lipinski definition) is 5. The Hall–Kier alpha value is -4.86. The Morgan fingerprint density at radius 1 is 0.627 bits per heavy atom. The quantitative estimate of drug-likeness (QED) is 0.161. The number of benzene rings is 5. The molecule has 0 saturated heterocycles. The number of para-hydroxylation sites is 1. The second-order valence-electron chi connectivity index (χ2n) is 19.8. The standard InChI is InChI=1S/C53H57N4O.Pt/c1-34-21-24-44(35(2)27-34)56-33-55(47-29-37(51(6,7)8)28-43(49(47)56)52(9,10)11)38-17-16-18-39(31-38)58-40-22-23-42-46(32-40)57(45-20-15-14-19-41(45)53(42,12)13)48-30-36(25-26-54-48)50(3,4)5;/h14-30,33H,1-13H3;/q-3;. The van der Waals surface area contributed by atoms with Crippen molar-refractivity contribution in [3.8, 4) is 11.5 Å². The summed E-state index contributed by atoms with van der Waals surface area (Å²) in [6.45, 7) is 31.7. The first-order valence-corrected chi connectivity index (χ1v) is 20.5. The molecule has 0 fully saturated rings. The number of pyridine rings is 1. The molecule has 2 aliphatic heterocycles. The van der Waals surface area contributed by atoms with E-state index in [1.165, 1.54) is 44.6 Å². The number of aryl methyl sites for hydroxylation is 2. The molecule has 5 nitrogen and oxygen atoms in total. The summed E-state index contributed by atoms with van der Waals surface area (Å²) in [5.74, 6) is 2.10. The first-order valence-electron chi connectivity index (χ1n) is 20.5. The van der Waals surface area contributed by atoms with E-state index in [-0.39, 0.29) is 42.7 Å². The van der Waals surface area contributed by atoms with Gasteiger partial charge in [0.05, 0.1) is 0 Å². The van der Waals surface area contributed by atoms with Crippen molar-refractivity contribution in [3.05, 3.63) is 161 Å². The van der Waals surface area contributed by atoms with Crippen LogP contribution in [-0.4, -0.2) is 4.98 Å². The molecule has 0 N–H and O–H groups in total. The van der Waals surface area contributed by atoms with Gasteiger partial charge in [-0.25, -0.2) is 4.98 Å². The molecule has 6 aromatic rings. The molecule has 3 heterocycles. The molecule has 0 bridgehead atoms. The summed E-state index contributed by atoms with van der Waals surface area (Å²) in [7, 11) is 0. The summed E-state index contributed by atoms with van der Waals surface area (Å²) in [6, 6.07) is 42.2. The fourth-order valence-corrected chi connectivity index (χ4v) is 8.41. The van der Waals surface area contributed by atoms with Gasteiger partial charge in [-0.2, -0.15) is 12.1 Å². The fourth-order valence-electron chi connectivity index (χ4n) is 8.41. The topological polar surface area (TPSA) is 31.8 Å². The number of hydrogen-bond donors (Lipinski definition) is 0. The third kappa shape index (κ3) is 7.72. The van der Waals surface area contributed by atoms with E-state index in [0.717, 1.165) is 34.3 Å². The zero-order chi connectivity index (χ0) is 41.5. The van der Waals surface area contributed by atoms with E-state index in [9.17, 15) is 0 Å². The van der Waals surface area contributed by atoms with Gasteiger partial charge in [-0.15, -0.1) is 48.3 Å². The summed E-state index contributed by atoms with van der Waals surface area (Å²) in [5.41, 5.74) is 14.7. The van der Waals surface area contributed by atoms with Crippen molar-refractivity contribution in [2.75, 3.05) is 14.7 Å². The molecule has 1 aromatic heterocycles. The van der Waals surface area contributed by atoms with Gasteiger partial charge in [0.15, 0.2) is 0 Å². The van der Waals surface area contributed by atoms with E-state index in [1.807, 2.05) is 18.3 Å². The average Bonchev–Trinajstić information content (AvgIpc) is 3.53. The van der Waals surface area contributed by atoms with Crippen LogP contribution < -0.4 is 19.4 Å². The average molecular weight is 961 g/mol. The van der Waals surface area contributed by atoms with Gasteiger partial charge in [-0.05, 0) is 93.7 Å². The molecule has 2 aliphatic rings. The van der Waals surface area contributed by atoms with Gasteiger partial charge in [0.25, 0.3) is 0 Å². The Balaban J connectivity index is 0.00000528. The molecule has 59 heavy (non-hydrogen) atoms. The van der Waals surface area contributed by atoms with Crippen LogP contribution in [0.1, 0.15) is 115 Å². The van der Waals surface area contributed by atoms with Crippen LogP contribution in [-0.2, 0) is 42.7 Å². The molecule has 5 aromatic carbocycles. The second-order valence-corrected chi connectivity index (χ2v) is 19.8. The SMILES string of the molecule is Cc1ccc(N2[CH-]N(c3[c-]c(Oc4[c-]c5c(cc4)C(C)(C)c4ccccc4N5c4cc(C(C)(C)C)ccn4)ccc3)c3cc(C(C)(C)C)cc(C(C)(C)C)c32)c(C)c1.[Pt]. The van der Waals surface area contributed by atoms with E-state index in [2.05, 4.69) is 208 Å². The summed E-state index contributed by atoms with van der Waals surface area (Å²) < 4.78 is 6.74. The molecular weight excluding hydrogens is 904 g/mol. The third-order valence-corrected chi connectivity index (χ3v) is 11.8. The van der Waals surface area contributed by atoms with Crippen LogP contribution in [0, 0.1) is 32.6 Å². The summed E-state index contributed by atoms with van der Waals surface area (Å²) in [6.07, 6.45) is 1.92. The zero-order valence-corrected chi connectivity index (χ0v) is 39.2. The maximum absolute atomic E-state index is 6.74. The fraction of sp³-hybridized carbons (Fsp3) is 0.321. The van der Waals surface area contributed by atoms with Crippen molar-refractivity contribution in [1.29, 1.82) is 0 Å². The Morgan fingerprint density at radius 2 is 1.34 bits per heavy atom. The zero-order valence-electron chi connectivity index (χ0n) is 36.9. The van der Waals surface area contributed by atoms with Gasteiger partial charge in [0, 0.05) is 61.5 Å². The van der Waals surface area contributed by atoms with Crippen LogP contribution in [0.5, 0.6) is 11.5 Å². The van der Waals surface area contributed by atoms with Crippen LogP contribution >= 0.6 is 0 Å². The number of ether oxygens (including phenoxy) is 1. The van der Waals surface area contributed by atoms with Crippen molar-refractivity contribution in [1.82, 2.24) is 4.98 Å². The number of nitrogens with zero attached hydrogens (tertiary/aromatic N) is 4. The van der Waals surface area contributed by atoms with Gasteiger partial charge in [-0.1, -0.05) is 124 Å². The molecule has 0 saturated carbocycles. The summed E-state index contributed by atoms with van der Waals surface area (Å²) in [5, 5.41) is 0. The van der Waals surface area contributed by atoms with Crippen molar-refractivity contribution in [2.24, 2.45) is 0 Å². The molecule has 308 valence electrons. The van der Waals surface area contributed by atoms with Gasteiger partial charge >= 0.3 is 0 Å². The van der Waals surface area contributed by atoms with E-state index in [4.69, 9.17) is 9.72 Å². The van der Waals surface area contributed by atoms with Gasteiger partial charge in [-0.3, -0.25) is 0 Å². The third-order valence-electron chi connectivity index (χ3n) is 11.8. The largest absolute Gasteiger partial charge is 0.509 e. The van der Waals surface area contributed by atoms with E-state index < -0.39 is 0 Å². The smallest absolute Gasteiger partial charge is 0.135 e. The molecular formula is C53H57N4OPt-3. The van der Waals surface area contributed by atoms with Crippen molar-refractivity contribution < 1.29 is 25.8 Å². The Morgan fingerprint density at radius 3 is 2.03 bits per heavy atom. The maximum Gasteiger partial charge on any atom is 0.135 e. The Labute approximate surface area is 367 Å². The molecule has 0 aliphatic carbocycles. The number of fused-ring (bicyclic) bond motifs is 3. The molecule has 0 spiro atoms. The van der Waals surface area contributed by atoms with Crippen LogP contribution in [0.4, 0.5) is 39.9 Å². The number of anilines is 7. The molecule has 0 atom stereocenters. The normalized spacial score (nSPS) is 14.7. The minimum atomic E-state index is -0.260. The predicted octanol–water partition coefficient (Wildman–Crippen LogP) is 14.5. The first-order chi connectivity index (χ1) is 27.2. The first kappa shape index (κ1) is 42.3. The minimum absolute atomic E-state index is 0. The van der Waals surface area contributed by atoms with E-state index in [0.29, 0.717) is 11.5 Å². The Kier molecular flexibility index (Phi) is 10.7. The molecule has 0 unspecified atom stereocenters. The maximum atomic E-state index is 6.74. The van der Waals surface area contributed by atoms with Gasteiger partial charge < -0.3 is 19.4 Å². The van der Waals surface area contributed by atoms with Crippen LogP contribution in [0.2, 0.25) is 0 Å². The summed E-state index contributed by atoms with van der Waals surface area (Å²) >= 11 is 0. The van der Waals surface area contributed by atoms with Crippen LogP contribution in [0.15, 0.2) is 103 Å². The van der Waals surface area contributed by atoms with Crippen LogP contribution in [0.25, 0.3) is 0 Å². The van der Waals surface area contributed by atoms with Crippen LogP contribution in [0.3, 0.4) is 0 Å². The van der Waals surface area contributed by atoms with Gasteiger partial charge in [0.2, 0.25) is 0 Å². The number of rotatable bonds is 5. The second kappa shape index (κ2) is 15.0. The predicted molar refractivity (Wildman–Crippen MR) is 242 cm³/mol. The minimum Gasteiger partial charge on any atom is -0.509 e. The molecule has 0 radical (unpaired) electrons. The summed E-state index contributed by atoms with van der Waals surface area (Å²) in [4.78, 5) is 11.8. The van der Waals surface area contributed by atoms with Crippen molar-refractivity contribution in [3.63, 3.8) is 0 Å². The van der Waals surface area contributed by atoms with E-state index >= 15 is 0 Å². The monoisotopic (exact) mass is 960 g/mol. The molecule has 6 heteroatoms. The Bertz CT molecular complexity index is 2550. The number of aromatic nitrogens is 1. The van der Waals surface area contributed by atoms with Crippen molar-refractivity contribution in [2.45, 2.75) is 112 Å².